The van der Waals surface area contributed by atoms with Crippen LogP contribution in [0.25, 0.3) is 0 Å². The predicted molar refractivity (Wildman–Crippen MR) is 75.1 cm³/mol. The maximum absolute atomic E-state index is 11.2. The number of hydroxylamine groups is 1. The highest BCUT2D eigenvalue weighted by atomic mass is 33.1. The zero-order valence-corrected chi connectivity index (χ0v) is 12.3. The van der Waals surface area contributed by atoms with Crippen molar-refractivity contribution in [3.05, 3.63) is 0 Å². The first-order valence-electron chi connectivity index (χ1n) is 6.29. The molecule has 2 N–H and O–H groups in total. The maximum atomic E-state index is 11.2. The minimum Gasteiger partial charge on any atom is -0.289 e. The Morgan fingerprint density at radius 3 is 2.59 bits per heavy atom. The number of hydrogen-bond acceptors (Lipinski definition) is 4. The normalized spacial score (nSPS) is 18.6. The number of nitrogens with one attached hydrogen (secondary N) is 1. The summed E-state index contributed by atoms with van der Waals surface area (Å²) in [5.74, 6) is 4.11. The highest BCUT2D eigenvalue weighted by Gasteiger charge is 2.20. The molecule has 1 fully saturated rings. The minimum atomic E-state index is -0.245. The second kappa shape index (κ2) is 8.27. The van der Waals surface area contributed by atoms with Gasteiger partial charge in [-0.05, 0) is 37.0 Å². The van der Waals surface area contributed by atoms with Crippen LogP contribution in [0.15, 0.2) is 0 Å². The first-order chi connectivity index (χ1) is 8.11. The second-order valence-electron chi connectivity index (χ2n) is 5.25. The lowest BCUT2D eigenvalue weighted by Gasteiger charge is -2.19. The molecule has 0 radical (unpaired) electrons. The van der Waals surface area contributed by atoms with Crippen molar-refractivity contribution < 1.29 is 10.0 Å². The third-order valence-corrected chi connectivity index (χ3v) is 5.78. The van der Waals surface area contributed by atoms with Crippen molar-refractivity contribution in [1.82, 2.24) is 5.48 Å². The SMILES string of the molecule is CC(C)C[C@H](CCC1CSSC1)CC(=O)NO. The van der Waals surface area contributed by atoms with Crippen molar-refractivity contribution in [2.75, 3.05) is 11.5 Å². The molecule has 0 bridgehead atoms. The van der Waals surface area contributed by atoms with Crippen molar-refractivity contribution in [3.8, 4) is 0 Å². The van der Waals surface area contributed by atoms with Gasteiger partial charge in [-0.3, -0.25) is 10.0 Å². The summed E-state index contributed by atoms with van der Waals surface area (Å²) in [5.41, 5.74) is 1.75. The van der Waals surface area contributed by atoms with Crippen molar-refractivity contribution in [3.63, 3.8) is 0 Å². The van der Waals surface area contributed by atoms with E-state index in [0.29, 0.717) is 18.3 Å². The van der Waals surface area contributed by atoms with E-state index >= 15 is 0 Å². The first kappa shape index (κ1) is 15.2. The minimum absolute atomic E-state index is 0.245. The number of amides is 1. The summed E-state index contributed by atoms with van der Waals surface area (Å²) in [7, 11) is 3.93. The Morgan fingerprint density at radius 2 is 2.06 bits per heavy atom. The Kier molecular flexibility index (Phi) is 7.39. The molecule has 0 aromatic carbocycles. The Labute approximate surface area is 112 Å². The van der Waals surface area contributed by atoms with Crippen molar-refractivity contribution >= 4 is 27.5 Å². The lowest BCUT2D eigenvalue weighted by atomic mass is 9.88. The fraction of sp³-hybridized carbons (Fsp3) is 0.917. The van der Waals surface area contributed by atoms with Gasteiger partial charge in [0.15, 0.2) is 0 Å². The Morgan fingerprint density at radius 1 is 1.41 bits per heavy atom. The van der Waals surface area contributed by atoms with E-state index in [1.165, 1.54) is 17.9 Å². The first-order valence-corrected chi connectivity index (χ1v) is 8.78. The fourth-order valence-electron chi connectivity index (χ4n) is 2.25. The van der Waals surface area contributed by atoms with Gasteiger partial charge >= 0.3 is 0 Å². The summed E-state index contributed by atoms with van der Waals surface area (Å²) in [6.07, 6.45) is 3.86. The number of rotatable bonds is 7. The molecular formula is C12H23NO2S2. The largest absolute Gasteiger partial charge is 0.289 e. The molecule has 0 aliphatic carbocycles. The molecule has 0 aromatic heterocycles. The third kappa shape index (κ3) is 6.58. The van der Waals surface area contributed by atoms with Crippen LogP contribution in [0.3, 0.4) is 0 Å². The second-order valence-corrected chi connectivity index (χ2v) is 7.80. The lowest BCUT2D eigenvalue weighted by molar-refractivity contribution is -0.130. The average molecular weight is 277 g/mol. The molecule has 3 nitrogen and oxygen atoms in total. The third-order valence-electron chi connectivity index (χ3n) is 3.08. The van der Waals surface area contributed by atoms with Crippen LogP contribution in [-0.4, -0.2) is 22.6 Å². The van der Waals surface area contributed by atoms with Gasteiger partial charge in [0, 0.05) is 17.9 Å². The summed E-state index contributed by atoms with van der Waals surface area (Å²) in [4.78, 5) is 11.2. The summed E-state index contributed by atoms with van der Waals surface area (Å²) >= 11 is 0. The van der Waals surface area contributed by atoms with Crippen LogP contribution in [0.5, 0.6) is 0 Å². The van der Waals surface area contributed by atoms with E-state index in [2.05, 4.69) is 13.8 Å². The van der Waals surface area contributed by atoms with Gasteiger partial charge in [-0.25, -0.2) is 5.48 Å². The van der Waals surface area contributed by atoms with E-state index in [9.17, 15) is 4.79 Å². The molecule has 1 saturated heterocycles. The summed E-state index contributed by atoms with van der Waals surface area (Å²) in [6.45, 7) is 4.37. The quantitative estimate of drug-likeness (QED) is 0.426. The monoisotopic (exact) mass is 277 g/mol. The van der Waals surface area contributed by atoms with Crippen molar-refractivity contribution in [2.45, 2.75) is 39.5 Å². The van der Waals surface area contributed by atoms with E-state index in [1.54, 1.807) is 5.48 Å². The number of hydrogen-bond donors (Lipinski definition) is 2. The molecule has 1 atom stereocenters. The maximum Gasteiger partial charge on any atom is 0.243 e. The van der Waals surface area contributed by atoms with E-state index in [1.807, 2.05) is 21.6 Å². The van der Waals surface area contributed by atoms with Gasteiger partial charge < -0.3 is 0 Å². The lowest BCUT2D eigenvalue weighted by Crippen LogP contribution is -2.23. The van der Waals surface area contributed by atoms with E-state index < -0.39 is 0 Å². The van der Waals surface area contributed by atoms with Gasteiger partial charge in [0.05, 0.1) is 0 Å². The van der Waals surface area contributed by atoms with E-state index in [-0.39, 0.29) is 5.91 Å². The molecule has 0 aromatic rings. The van der Waals surface area contributed by atoms with Crippen LogP contribution in [0.2, 0.25) is 0 Å². The molecule has 1 amide bonds. The molecule has 0 saturated carbocycles. The van der Waals surface area contributed by atoms with Crippen LogP contribution in [-0.2, 0) is 4.79 Å². The molecule has 5 heteroatoms. The van der Waals surface area contributed by atoms with Gasteiger partial charge in [-0.1, -0.05) is 35.4 Å². The highest BCUT2D eigenvalue weighted by molar-refractivity contribution is 8.77. The summed E-state index contributed by atoms with van der Waals surface area (Å²) < 4.78 is 0. The Hall–Kier alpha value is 0.130. The number of carbonyl (C=O) groups excluding carboxylic acids is 1. The van der Waals surface area contributed by atoms with E-state index in [4.69, 9.17) is 5.21 Å². The fourth-order valence-corrected chi connectivity index (χ4v) is 5.28. The smallest absolute Gasteiger partial charge is 0.243 e. The molecule has 1 rings (SSSR count). The van der Waals surface area contributed by atoms with Crippen LogP contribution in [0.4, 0.5) is 0 Å². The van der Waals surface area contributed by atoms with Crippen LogP contribution in [0.1, 0.15) is 39.5 Å². The molecule has 1 aliphatic rings. The van der Waals surface area contributed by atoms with Crippen molar-refractivity contribution in [1.29, 1.82) is 0 Å². The molecule has 100 valence electrons. The van der Waals surface area contributed by atoms with Gasteiger partial charge in [-0.15, -0.1) is 0 Å². The van der Waals surface area contributed by atoms with E-state index in [0.717, 1.165) is 18.8 Å². The van der Waals surface area contributed by atoms with Crippen molar-refractivity contribution in [2.24, 2.45) is 17.8 Å². The van der Waals surface area contributed by atoms with Crippen LogP contribution >= 0.6 is 21.6 Å². The molecule has 17 heavy (non-hydrogen) atoms. The Balaban J connectivity index is 2.30. The molecule has 0 spiro atoms. The summed E-state index contributed by atoms with van der Waals surface area (Å²) in [6, 6.07) is 0. The average Bonchev–Trinajstić information content (AvgIpc) is 2.77. The zero-order chi connectivity index (χ0) is 12.7. The molecule has 1 heterocycles. The Bertz CT molecular complexity index is 231. The van der Waals surface area contributed by atoms with Gasteiger partial charge in [0.25, 0.3) is 0 Å². The van der Waals surface area contributed by atoms with Gasteiger partial charge in [-0.2, -0.15) is 0 Å². The highest BCUT2D eigenvalue weighted by Crippen LogP contribution is 2.37. The van der Waals surface area contributed by atoms with Gasteiger partial charge in [0.1, 0.15) is 0 Å². The molecule has 0 unspecified atom stereocenters. The van der Waals surface area contributed by atoms with Crippen LogP contribution in [0, 0.1) is 17.8 Å². The number of carbonyl (C=O) groups is 1. The topological polar surface area (TPSA) is 49.3 Å². The molecule has 1 aliphatic heterocycles. The summed E-state index contributed by atoms with van der Waals surface area (Å²) in [5, 5.41) is 8.59. The molecular weight excluding hydrogens is 254 g/mol. The predicted octanol–water partition coefficient (Wildman–Crippen LogP) is 3.34. The van der Waals surface area contributed by atoms with Gasteiger partial charge in [0.2, 0.25) is 5.91 Å². The standard InChI is InChI=1S/C12H23NO2S2/c1-9(2)5-10(6-12(14)13-15)3-4-11-7-16-17-8-11/h9-11,15H,3-8H2,1-2H3,(H,13,14)/t10-/m0/s1. The van der Waals surface area contributed by atoms with Crippen LogP contribution < -0.4 is 5.48 Å². The zero-order valence-electron chi connectivity index (χ0n) is 10.6.